The molecule has 14 fully saturated rings. The van der Waals surface area contributed by atoms with E-state index in [1.54, 1.807) is 23.9 Å². The van der Waals surface area contributed by atoms with E-state index < -0.39 is 84.9 Å². The number of aliphatic hydroxyl groups excluding tert-OH is 4. The smallest absolute Gasteiger partial charge is 1.00 e. The third-order valence-electron chi connectivity index (χ3n) is 23.7. The van der Waals surface area contributed by atoms with Crippen LogP contribution >= 0.6 is 32.7 Å². The number of thioether (sulfide) groups is 1. The minimum absolute atomic E-state index is 0. The number of aldehydes is 2. The van der Waals surface area contributed by atoms with Crippen LogP contribution in [0, 0.1) is 82.9 Å². The number of aliphatic carboxylic acids is 1. The van der Waals surface area contributed by atoms with Crippen molar-refractivity contribution in [3.8, 4) is 0 Å². The van der Waals surface area contributed by atoms with Gasteiger partial charge in [-0.1, -0.05) is 43.8 Å². The molecule has 28 atom stereocenters. The molecule has 7 heterocycles. The number of carboxylic acid groups (broad SMARTS) is 1. The largest absolute Gasteiger partial charge is 1.00 e. The Hall–Kier alpha value is -4.87. The van der Waals surface area contributed by atoms with Crippen molar-refractivity contribution in [1.82, 2.24) is 0 Å². The molecule has 3 radical (unpaired) electrons. The van der Waals surface area contributed by atoms with Crippen LogP contribution in [0.25, 0.3) is 0 Å². The van der Waals surface area contributed by atoms with E-state index in [1.807, 2.05) is 42.8 Å². The van der Waals surface area contributed by atoms with Gasteiger partial charge in [-0.05, 0) is 43.9 Å². The molecule has 0 spiro atoms. The van der Waals surface area contributed by atoms with Gasteiger partial charge >= 0.3 is 174 Å². The van der Waals surface area contributed by atoms with E-state index >= 15 is 0 Å². The van der Waals surface area contributed by atoms with E-state index in [4.69, 9.17) is 86.2 Å². The third-order valence-corrected chi connectivity index (χ3v) is 23.7. The third kappa shape index (κ3) is 34.8. The van der Waals surface area contributed by atoms with Gasteiger partial charge in [0.25, 0.3) is 6.47 Å². The number of halogens is 1. The summed E-state index contributed by atoms with van der Waals surface area (Å²) in [4.78, 5) is 177. The minimum atomic E-state index is -1.04. The summed E-state index contributed by atoms with van der Waals surface area (Å²) in [6.45, 7) is 9.30. The van der Waals surface area contributed by atoms with Crippen molar-refractivity contribution in [2.24, 2.45) is 82.9 Å². The van der Waals surface area contributed by atoms with Gasteiger partial charge in [0.05, 0.1) is 75.1 Å². The van der Waals surface area contributed by atoms with Crippen molar-refractivity contribution in [2.75, 3.05) is 60.9 Å². The zero-order valence-corrected chi connectivity index (χ0v) is 82.6. The maximum absolute atomic E-state index is 12.0. The van der Waals surface area contributed by atoms with Crippen LogP contribution in [0.5, 0.6) is 0 Å². The summed E-state index contributed by atoms with van der Waals surface area (Å²) in [7, 11) is 7.21. The van der Waals surface area contributed by atoms with Gasteiger partial charge in [-0.2, -0.15) is 11.8 Å². The molecule has 709 valence electrons. The van der Waals surface area contributed by atoms with E-state index in [9.17, 15) is 92.3 Å². The predicted octanol–water partition coefficient (Wildman–Crippen LogP) is -3.02. The van der Waals surface area contributed by atoms with Gasteiger partial charge < -0.3 is 118 Å². The molecule has 6 unspecified atom stereocenters. The Kier molecular flexibility index (Phi) is 57.2. The van der Waals surface area contributed by atoms with E-state index in [-0.39, 0.29) is 345 Å². The number of hydrogen-bond acceptors (Lipinski definition) is 38. The number of carbonyl (C=O) groups is 16. The molecule has 14 aliphatic rings. The second-order valence-corrected chi connectivity index (χ2v) is 33.5. The van der Waals surface area contributed by atoms with Gasteiger partial charge in [0, 0.05) is 188 Å². The average Bonchev–Trinajstić information content (AvgIpc) is 1.62. The van der Waals surface area contributed by atoms with E-state index in [2.05, 4.69) is 18.2 Å². The fourth-order valence-electron chi connectivity index (χ4n) is 18.8. The molecule has 44 heteroatoms. The number of benzene rings is 1. The fraction of sp³-hybridized carbons (Fsp3) is 0.714. The number of ether oxygens (including phenoxy) is 15. The number of aliphatic hydroxyl groups is 4. The van der Waals surface area contributed by atoms with Gasteiger partial charge in [0.1, 0.15) is 85.6 Å². The minimum Gasteiger partial charge on any atom is -1.00 e. The number of fused-ring (bicyclic) bond motifs is 7. The molecule has 0 bridgehead atoms. The molecule has 128 heavy (non-hydrogen) atoms. The molecule has 1 aromatic carbocycles. The topological polar surface area (TPSA) is 545 Å². The molecule has 7 aliphatic carbocycles. The van der Waals surface area contributed by atoms with Crippen molar-refractivity contribution < 1.29 is 288 Å². The predicted molar refractivity (Wildman–Crippen MR) is 442 cm³/mol. The Labute approximate surface area is 844 Å². The van der Waals surface area contributed by atoms with E-state index in [0.29, 0.717) is 77.0 Å². The first-order valence-electron chi connectivity index (χ1n) is 40.5. The molecule has 0 aromatic heterocycles. The number of ketones is 1. The number of carbonyl (C=O) groups excluding carboxylic acids is 15. The molecule has 7 saturated carbocycles. The summed E-state index contributed by atoms with van der Waals surface area (Å²) in [5, 5.41) is 56.0. The zero-order chi connectivity index (χ0) is 91.2. The summed E-state index contributed by atoms with van der Waals surface area (Å²) in [6, 6.07) is 9.88. The first-order valence-corrected chi connectivity index (χ1v) is 44.1. The molecule has 7 saturated heterocycles. The van der Waals surface area contributed by atoms with Gasteiger partial charge in [0.2, 0.25) is 0 Å². The van der Waals surface area contributed by atoms with Gasteiger partial charge in [-0.15, -0.1) is 21.0 Å². The van der Waals surface area contributed by atoms with E-state index in [1.165, 1.54) is 56.1 Å². The summed E-state index contributed by atoms with van der Waals surface area (Å²) in [6.07, 6.45) is 9.22. The van der Waals surface area contributed by atoms with Crippen LogP contribution in [-0.2, 0) is 159 Å². The van der Waals surface area contributed by atoms with Crippen LogP contribution in [0.15, 0.2) is 42.5 Å². The molecule has 0 amide bonds. The van der Waals surface area contributed by atoms with Gasteiger partial charge in [0.15, 0.2) is 18.4 Å². The fourth-order valence-corrected chi connectivity index (χ4v) is 18.8. The monoisotopic (exact) mass is 1930 g/mol. The van der Waals surface area contributed by atoms with Crippen LogP contribution in [-0.4, -0.2) is 289 Å². The van der Waals surface area contributed by atoms with Crippen LogP contribution in [0.3, 0.4) is 0 Å². The Bertz CT molecular complexity index is 3780. The van der Waals surface area contributed by atoms with Gasteiger partial charge in [-0.25, -0.2) is 0 Å². The second kappa shape index (κ2) is 60.5. The molecular weight excluding hydrogens is 1800 g/mol. The average molecular weight is 1930 g/mol. The summed E-state index contributed by atoms with van der Waals surface area (Å²) in [5.74, 6) is -7.11. The quantitative estimate of drug-likeness (QED) is 0.00998. The summed E-state index contributed by atoms with van der Waals surface area (Å²) < 4.78 is 76.7. The van der Waals surface area contributed by atoms with Crippen LogP contribution in [0.4, 0.5) is 0 Å². The van der Waals surface area contributed by atoms with Crippen molar-refractivity contribution in [3.05, 3.63) is 48.0 Å². The number of allylic oxidation sites excluding steroid dienone is 1. The number of rotatable bonds is 20. The Morgan fingerprint density at radius 2 is 0.805 bits per heavy atom. The molecule has 7 aliphatic heterocycles. The first-order chi connectivity index (χ1) is 58.5. The number of aryl methyl sites for hydroxylation is 1. The Balaban J connectivity index is 0.00000145. The van der Waals surface area contributed by atoms with Crippen molar-refractivity contribution >= 4 is 138 Å². The van der Waals surface area contributed by atoms with Crippen LogP contribution < -0.4 is 108 Å². The van der Waals surface area contributed by atoms with Crippen molar-refractivity contribution in [2.45, 2.75) is 236 Å². The molecule has 5 N–H and O–H groups in total. The standard InChI is InChI=1S/C18H20O4.C12H18O6.C10H12O6.C10H16O5.C10H14O5.C10H12O5.C8H10O4.C2H7P.C2H6S.CH2O3.CH4.B.ClH.2K.H/c19-13(7-6-12-4-2-1-3-5-12)8-9-14-15-10-18(21)22-17(15)11-16(14)20;1-6(13)17-9-5-8-7(4-10(14)18-8)11(9)12(15-2)16-3;1-4(11)15-7-3-6-5(2-8(12)16-6)9(7)10(13)14;1-13-10(14-2)9-5-3-8(12)15-7(5)4-6(9)11;2*1-5(12)14-9-3-8-6(7(9)4-11)2-10(13)15-8;9-3-5-4-1-8(11)12-7(4)2-6(5)10;2*1-3-2;2-1-4-3;;;;;;/h1-5,8-9,14-17,20H,6-7,10-11H2;7-9,11-12H,4-5H2,1-3H3;5-7,9H,2-3H2,1H3,(H,13,14);5-7,9-11H,3-4H2,1-2H3;6-9,11H,2-4H2,1H3;4,6-9H,2-3H2,1H3;3-7,10H,1-2H2;3H,1-2H3;1-2H3;1,3H;1H4;;1H;;;/q;;;;;;;;;;;;;2*+1;-1/p-1/b9-8+;;;;;;;;;;;;;;;/t14-,15-,16-,17+;7-,8-,9+,11?;5-,6-,7+,9?;5-,6+,7-,9?;2*6-,7?,8+,9-;4-,5?,6-,7+;;;;;;;;;/m1000111........./s1. The maximum atomic E-state index is 12.0. The molecule has 1 aromatic rings. The van der Waals surface area contributed by atoms with Crippen molar-refractivity contribution in [3.63, 3.8) is 0 Å². The molecule has 38 nitrogen and oxygen atoms in total. The summed E-state index contributed by atoms with van der Waals surface area (Å²) in [5.41, 5.74) is 1.14. The second-order valence-electron chi connectivity index (χ2n) is 31.7. The first kappa shape index (κ1) is 121. The summed E-state index contributed by atoms with van der Waals surface area (Å²) >= 11 is 1.75. The molecule has 15 rings (SSSR count). The normalized spacial score (nSPS) is 33.1. The van der Waals surface area contributed by atoms with Gasteiger partial charge in [-0.3, -0.25) is 67.1 Å². The molecular formula is C84H122BClK2O38PS. The van der Waals surface area contributed by atoms with Crippen LogP contribution in [0.2, 0.25) is 0 Å². The van der Waals surface area contributed by atoms with E-state index in [0.717, 1.165) is 26.7 Å². The number of esters is 11. The maximum Gasteiger partial charge on any atom is 1.00 e. The van der Waals surface area contributed by atoms with Crippen LogP contribution in [0.1, 0.15) is 138 Å². The number of carboxylic acids is 1. The Morgan fingerprint density at radius 3 is 1.23 bits per heavy atom. The Morgan fingerprint density at radius 1 is 0.492 bits per heavy atom. The SMILES string of the molecule is C.CC(=O)O[C@@H]1C[C@@H]2OC(=O)C[C@@H]2C1C(=O)O.CC(=O)O[C@@H]1C[C@@H]2OC(=O)C[C@@H]2C1C=O.CC(=O)O[C@@H]1C[C@@H]2OC(=O)C[C@@H]2C1CO.COC(OC)C1[C@H](O)C[C@@H]2OC(=O)C[C@H]12.COC(OC)C1[C@H]2CC(=O)O[C@H]2C[C@H]1OC(C)=O.CPC.CSC.Cl.O=C(/C=C/[C@@H]1[C@H]2CC(=O)O[C@H]2C[C@H]1O)CCc1ccccc1.O=CC1[C@H](O)C[C@@H]2OC(=O)C[C@H]12.O=CO[O-].[B].[H-].[K+].[K+]. The number of methoxy groups -OCH3 is 4. The zero-order valence-electron chi connectivity index (χ0n) is 74.7. The number of hydrogen-bond donors (Lipinski definition) is 5. The van der Waals surface area contributed by atoms with Crippen molar-refractivity contribution in [1.29, 1.82) is 0 Å².